The van der Waals surface area contributed by atoms with Crippen molar-refractivity contribution in [2.24, 2.45) is 10.9 Å². The van der Waals surface area contributed by atoms with Crippen molar-refractivity contribution >= 4 is 35.6 Å². The van der Waals surface area contributed by atoms with Crippen LogP contribution >= 0.6 is 24.0 Å². The lowest BCUT2D eigenvalue weighted by Crippen LogP contribution is -2.33. The van der Waals surface area contributed by atoms with E-state index in [0.717, 1.165) is 30.4 Å². The topological polar surface area (TPSA) is 64.1 Å². The van der Waals surface area contributed by atoms with Crippen LogP contribution in [0, 0.1) is 5.92 Å². The van der Waals surface area contributed by atoms with Gasteiger partial charge in [0.05, 0.1) is 19.3 Å². The van der Waals surface area contributed by atoms with Gasteiger partial charge in [-0.25, -0.2) is 0 Å². The molecule has 1 aliphatic rings. The number of aliphatic imine (C=N–C) groups is 1. The lowest BCUT2D eigenvalue weighted by atomic mass is 10.3. The van der Waals surface area contributed by atoms with Crippen LogP contribution in [-0.2, 0) is 9.47 Å². The van der Waals surface area contributed by atoms with Crippen molar-refractivity contribution in [1.82, 2.24) is 5.32 Å². The normalized spacial score (nSPS) is 18.8. The van der Waals surface area contributed by atoms with Crippen LogP contribution in [0.2, 0.25) is 0 Å². The standard InChI is InChI=1S/C20H33N3O3.HI/c1-15(2)26-18-8-6-17(7-9-18)22-20(23-19-14-16(19)3)21-10-5-11-25-13-12-24-4;/h6-9,15-16,19H,5,10-14H2,1-4H3,(H2,21,22,23);1H. The van der Waals surface area contributed by atoms with Gasteiger partial charge in [-0.15, -0.1) is 24.0 Å². The average molecular weight is 491 g/mol. The van der Waals surface area contributed by atoms with Crippen LogP contribution in [0.25, 0.3) is 0 Å². The highest BCUT2D eigenvalue weighted by molar-refractivity contribution is 14.0. The summed E-state index contributed by atoms with van der Waals surface area (Å²) in [5.74, 6) is 2.41. The lowest BCUT2D eigenvalue weighted by Gasteiger charge is -2.14. The Kier molecular flexibility index (Phi) is 11.7. The number of nitrogens with zero attached hydrogens (tertiary/aromatic N) is 1. The zero-order valence-electron chi connectivity index (χ0n) is 16.9. The molecular formula is C20H34IN3O3. The molecule has 0 amide bonds. The summed E-state index contributed by atoms with van der Waals surface area (Å²) < 4.78 is 16.1. The molecule has 2 N–H and O–H groups in total. The zero-order valence-corrected chi connectivity index (χ0v) is 19.2. The fourth-order valence-electron chi connectivity index (χ4n) is 2.45. The predicted molar refractivity (Wildman–Crippen MR) is 122 cm³/mol. The SMILES string of the molecule is COCCOCCCN=C(Nc1ccc(OC(C)C)cc1)NC1CC1C.I. The fraction of sp³-hybridized carbons (Fsp3) is 0.650. The molecule has 1 saturated carbocycles. The minimum absolute atomic E-state index is 0. The van der Waals surface area contributed by atoms with E-state index < -0.39 is 0 Å². The van der Waals surface area contributed by atoms with Gasteiger partial charge in [-0.05, 0) is 56.9 Å². The number of hydrogen-bond acceptors (Lipinski definition) is 4. The van der Waals surface area contributed by atoms with Crippen molar-refractivity contribution in [2.75, 3.05) is 38.8 Å². The van der Waals surface area contributed by atoms with Crippen molar-refractivity contribution in [1.29, 1.82) is 0 Å². The Balaban J connectivity index is 0.00000364. The molecule has 27 heavy (non-hydrogen) atoms. The second-order valence-corrected chi connectivity index (χ2v) is 6.97. The van der Waals surface area contributed by atoms with Gasteiger partial charge in [-0.1, -0.05) is 6.92 Å². The quantitative estimate of drug-likeness (QED) is 0.213. The van der Waals surface area contributed by atoms with Gasteiger partial charge in [0.2, 0.25) is 0 Å². The number of halogens is 1. The van der Waals surface area contributed by atoms with E-state index in [1.807, 2.05) is 38.1 Å². The summed E-state index contributed by atoms with van der Waals surface area (Å²) in [7, 11) is 1.68. The molecule has 1 aromatic carbocycles. The maximum absolute atomic E-state index is 5.69. The molecule has 1 aliphatic carbocycles. The number of hydrogen-bond donors (Lipinski definition) is 2. The molecule has 0 heterocycles. The molecule has 6 nitrogen and oxygen atoms in total. The first-order valence-electron chi connectivity index (χ1n) is 9.50. The molecular weight excluding hydrogens is 457 g/mol. The molecule has 2 unspecified atom stereocenters. The molecule has 1 aromatic rings. The van der Waals surface area contributed by atoms with E-state index in [0.29, 0.717) is 31.8 Å². The van der Waals surface area contributed by atoms with Crippen LogP contribution in [0.4, 0.5) is 5.69 Å². The van der Waals surface area contributed by atoms with Crippen LogP contribution in [0.3, 0.4) is 0 Å². The van der Waals surface area contributed by atoms with Crippen LogP contribution in [-0.4, -0.2) is 51.6 Å². The highest BCUT2D eigenvalue weighted by atomic mass is 127. The number of ether oxygens (including phenoxy) is 3. The van der Waals surface area contributed by atoms with Gasteiger partial charge in [-0.2, -0.15) is 0 Å². The van der Waals surface area contributed by atoms with Gasteiger partial charge in [0.15, 0.2) is 5.96 Å². The smallest absolute Gasteiger partial charge is 0.196 e. The Morgan fingerprint density at radius 1 is 1.19 bits per heavy atom. The third-order valence-electron chi connectivity index (χ3n) is 4.07. The highest BCUT2D eigenvalue weighted by Crippen LogP contribution is 2.29. The van der Waals surface area contributed by atoms with Crippen molar-refractivity contribution in [2.45, 2.75) is 45.8 Å². The molecule has 2 rings (SSSR count). The van der Waals surface area contributed by atoms with E-state index in [-0.39, 0.29) is 30.1 Å². The van der Waals surface area contributed by atoms with Gasteiger partial charge in [-0.3, -0.25) is 4.99 Å². The molecule has 2 atom stereocenters. The van der Waals surface area contributed by atoms with E-state index >= 15 is 0 Å². The second kappa shape index (κ2) is 13.2. The van der Waals surface area contributed by atoms with Crippen molar-refractivity contribution in [3.8, 4) is 5.75 Å². The Bertz CT molecular complexity index is 552. The summed E-state index contributed by atoms with van der Waals surface area (Å²) >= 11 is 0. The van der Waals surface area contributed by atoms with Crippen LogP contribution in [0.1, 0.15) is 33.6 Å². The molecule has 0 aromatic heterocycles. The molecule has 7 heteroatoms. The summed E-state index contributed by atoms with van der Waals surface area (Å²) in [6.45, 7) is 8.98. The predicted octanol–water partition coefficient (Wildman–Crippen LogP) is 3.91. The number of guanidine groups is 1. The summed E-state index contributed by atoms with van der Waals surface area (Å²) in [5, 5.41) is 6.88. The van der Waals surface area contributed by atoms with E-state index in [1.54, 1.807) is 7.11 Å². The second-order valence-electron chi connectivity index (χ2n) is 6.97. The van der Waals surface area contributed by atoms with E-state index in [1.165, 1.54) is 6.42 Å². The first kappa shape index (κ1) is 24.0. The lowest BCUT2D eigenvalue weighted by molar-refractivity contribution is 0.0702. The summed E-state index contributed by atoms with van der Waals surface area (Å²) in [6, 6.07) is 8.49. The van der Waals surface area contributed by atoms with Gasteiger partial charge in [0, 0.05) is 32.0 Å². The fourth-order valence-corrected chi connectivity index (χ4v) is 2.45. The summed E-state index contributed by atoms with van der Waals surface area (Å²) in [5.41, 5.74) is 0.997. The third-order valence-corrected chi connectivity index (χ3v) is 4.07. The molecule has 0 spiro atoms. The number of methoxy groups -OCH3 is 1. The van der Waals surface area contributed by atoms with E-state index in [4.69, 9.17) is 14.2 Å². The largest absolute Gasteiger partial charge is 0.491 e. The summed E-state index contributed by atoms with van der Waals surface area (Å²) in [4.78, 5) is 4.67. The Hall–Kier alpha value is -1.06. The van der Waals surface area contributed by atoms with Crippen LogP contribution in [0.5, 0.6) is 5.75 Å². The van der Waals surface area contributed by atoms with Gasteiger partial charge < -0.3 is 24.8 Å². The first-order valence-corrected chi connectivity index (χ1v) is 9.50. The number of anilines is 1. The van der Waals surface area contributed by atoms with Crippen molar-refractivity contribution < 1.29 is 14.2 Å². The van der Waals surface area contributed by atoms with Gasteiger partial charge in [0.1, 0.15) is 5.75 Å². The van der Waals surface area contributed by atoms with Crippen molar-refractivity contribution in [3.63, 3.8) is 0 Å². The number of rotatable bonds is 11. The molecule has 0 aliphatic heterocycles. The minimum atomic E-state index is 0. The molecule has 0 saturated heterocycles. The monoisotopic (exact) mass is 491 g/mol. The first-order chi connectivity index (χ1) is 12.6. The molecule has 0 radical (unpaired) electrons. The maximum atomic E-state index is 5.69. The number of nitrogens with one attached hydrogen (secondary N) is 2. The zero-order chi connectivity index (χ0) is 18.8. The Labute approximate surface area is 180 Å². The van der Waals surface area contributed by atoms with Gasteiger partial charge in [0.25, 0.3) is 0 Å². The summed E-state index contributed by atoms with van der Waals surface area (Å²) in [6.07, 6.45) is 2.26. The minimum Gasteiger partial charge on any atom is -0.491 e. The molecule has 1 fully saturated rings. The Morgan fingerprint density at radius 3 is 2.48 bits per heavy atom. The number of benzene rings is 1. The van der Waals surface area contributed by atoms with Gasteiger partial charge >= 0.3 is 0 Å². The van der Waals surface area contributed by atoms with E-state index in [9.17, 15) is 0 Å². The van der Waals surface area contributed by atoms with Crippen LogP contribution < -0.4 is 15.4 Å². The highest BCUT2D eigenvalue weighted by Gasteiger charge is 2.33. The molecule has 0 bridgehead atoms. The average Bonchev–Trinajstić information content (AvgIpc) is 3.30. The van der Waals surface area contributed by atoms with Crippen molar-refractivity contribution in [3.05, 3.63) is 24.3 Å². The van der Waals surface area contributed by atoms with Crippen LogP contribution in [0.15, 0.2) is 29.3 Å². The Morgan fingerprint density at radius 2 is 1.89 bits per heavy atom. The van der Waals surface area contributed by atoms with E-state index in [2.05, 4.69) is 22.5 Å². The maximum Gasteiger partial charge on any atom is 0.196 e. The third kappa shape index (κ3) is 10.2. The molecule has 154 valence electrons.